The van der Waals surface area contributed by atoms with Crippen LogP contribution < -0.4 is 5.32 Å². The average molecular weight is 223 g/mol. The number of para-hydroxylation sites is 1. The second kappa shape index (κ2) is 3.72. The largest absolute Gasteiger partial charge is 0.377 e. The maximum absolute atomic E-state index is 13.5. The minimum absolute atomic E-state index is 0.0614. The minimum Gasteiger partial charge on any atom is -0.377 e. The zero-order chi connectivity index (χ0) is 11.1. The summed E-state index contributed by atoms with van der Waals surface area (Å²) in [6.45, 7) is 0. The van der Waals surface area contributed by atoms with Crippen molar-refractivity contribution in [1.29, 1.82) is 0 Å². The first-order valence-electron chi connectivity index (χ1n) is 5.96. The molecule has 2 fully saturated rings. The number of nitrogens with one attached hydrogen (secondary N) is 1. The Morgan fingerprint density at radius 2 is 1.50 bits per heavy atom. The summed E-state index contributed by atoms with van der Waals surface area (Å²) in [5, 5.41) is 3.09. The molecule has 3 rings (SSSR count). The number of anilines is 1. The van der Waals surface area contributed by atoms with Gasteiger partial charge in [0.2, 0.25) is 0 Å². The van der Waals surface area contributed by atoms with E-state index < -0.39 is 11.6 Å². The predicted octanol–water partition coefficient (Wildman–Crippen LogP) is 3.57. The molecule has 0 unspecified atom stereocenters. The molecule has 0 aromatic heterocycles. The molecule has 0 saturated heterocycles. The zero-order valence-corrected chi connectivity index (χ0v) is 9.05. The fraction of sp³-hybridized carbons (Fsp3) is 0.538. The van der Waals surface area contributed by atoms with E-state index in [0.29, 0.717) is 11.8 Å². The molecular formula is C13H15F2N. The molecule has 2 aliphatic carbocycles. The van der Waals surface area contributed by atoms with Gasteiger partial charge in [-0.25, -0.2) is 8.78 Å². The molecule has 2 aliphatic rings. The van der Waals surface area contributed by atoms with Crippen molar-refractivity contribution in [2.75, 3.05) is 5.32 Å². The Kier molecular flexibility index (Phi) is 2.34. The monoisotopic (exact) mass is 223 g/mol. The molecule has 0 atom stereocenters. The Bertz CT molecular complexity index is 365. The van der Waals surface area contributed by atoms with Gasteiger partial charge in [0.1, 0.15) is 17.3 Å². The first-order valence-corrected chi connectivity index (χ1v) is 5.96. The van der Waals surface area contributed by atoms with Gasteiger partial charge in [-0.3, -0.25) is 0 Å². The second-order valence-corrected chi connectivity index (χ2v) is 4.94. The minimum atomic E-state index is -0.480. The second-order valence-electron chi connectivity index (χ2n) is 4.94. The van der Waals surface area contributed by atoms with Crippen LogP contribution in [-0.4, -0.2) is 6.04 Å². The summed E-state index contributed by atoms with van der Waals surface area (Å²) < 4.78 is 27.0. The molecule has 1 aromatic carbocycles. The van der Waals surface area contributed by atoms with E-state index in [1.54, 1.807) is 0 Å². The Morgan fingerprint density at radius 1 is 1.00 bits per heavy atom. The standard InChI is InChI=1S/C13H15F2N/c14-10-2-1-3-11(15)13(10)16-12(8-4-5-8)9-6-7-9/h1-3,8-9,12,16H,4-7H2. The van der Waals surface area contributed by atoms with Crippen molar-refractivity contribution in [3.8, 4) is 0 Å². The van der Waals surface area contributed by atoms with Crippen molar-refractivity contribution in [3.63, 3.8) is 0 Å². The molecule has 3 heteroatoms. The maximum Gasteiger partial charge on any atom is 0.149 e. The van der Waals surface area contributed by atoms with E-state index in [9.17, 15) is 8.78 Å². The van der Waals surface area contributed by atoms with Crippen LogP contribution in [0.3, 0.4) is 0 Å². The van der Waals surface area contributed by atoms with E-state index in [1.165, 1.54) is 43.9 Å². The smallest absolute Gasteiger partial charge is 0.149 e. The Morgan fingerprint density at radius 3 is 1.94 bits per heavy atom. The van der Waals surface area contributed by atoms with Crippen LogP contribution in [0.25, 0.3) is 0 Å². The lowest BCUT2D eigenvalue weighted by Gasteiger charge is -2.19. The van der Waals surface area contributed by atoms with E-state index in [-0.39, 0.29) is 11.7 Å². The highest BCUT2D eigenvalue weighted by molar-refractivity contribution is 5.47. The third kappa shape index (κ3) is 1.91. The van der Waals surface area contributed by atoms with Gasteiger partial charge in [-0.15, -0.1) is 0 Å². The summed E-state index contributed by atoms with van der Waals surface area (Å²) in [5.74, 6) is 0.301. The quantitative estimate of drug-likeness (QED) is 0.822. The van der Waals surface area contributed by atoms with E-state index in [4.69, 9.17) is 0 Å². The van der Waals surface area contributed by atoms with Crippen LogP contribution in [0.4, 0.5) is 14.5 Å². The van der Waals surface area contributed by atoms with Gasteiger partial charge in [0.15, 0.2) is 0 Å². The van der Waals surface area contributed by atoms with Gasteiger partial charge >= 0.3 is 0 Å². The first kappa shape index (κ1) is 10.1. The van der Waals surface area contributed by atoms with Crippen molar-refractivity contribution >= 4 is 5.69 Å². The van der Waals surface area contributed by atoms with Gasteiger partial charge in [0.05, 0.1) is 0 Å². The molecule has 86 valence electrons. The predicted molar refractivity (Wildman–Crippen MR) is 59.2 cm³/mol. The molecule has 0 aliphatic heterocycles. The molecule has 1 N–H and O–H groups in total. The highest BCUT2D eigenvalue weighted by Crippen LogP contribution is 2.46. The topological polar surface area (TPSA) is 12.0 Å². The third-order valence-electron chi connectivity index (χ3n) is 3.53. The fourth-order valence-corrected chi connectivity index (χ4v) is 2.33. The van der Waals surface area contributed by atoms with Crippen molar-refractivity contribution in [2.45, 2.75) is 31.7 Å². The van der Waals surface area contributed by atoms with Crippen molar-refractivity contribution < 1.29 is 8.78 Å². The summed E-state index contributed by atoms with van der Waals surface area (Å²) in [5.41, 5.74) is 0.0614. The summed E-state index contributed by atoms with van der Waals surface area (Å²) in [7, 11) is 0. The van der Waals surface area contributed by atoms with Gasteiger partial charge in [0.25, 0.3) is 0 Å². The van der Waals surface area contributed by atoms with Gasteiger partial charge in [-0.1, -0.05) is 6.07 Å². The third-order valence-corrected chi connectivity index (χ3v) is 3.53. The number of benzene rings is 1. The van der Waals surface area contributed by atoms with Crippen LogP contribution in [0.1, 0.15) is 25.7 Å². The van der Waals surface area contributed by atoms with Crippen LogP contribution in [0.15, 0.2) is 18.2 Å². The van der Waals surface area contributed by atoms with Gasteiger partial charge in [-0.05, 0) is 49.7 Å². The molecule has 2 saturated carbocycles. The summed E-state index contributed by atoms with van der Waals surface area (Å²) >= 11 is 0. The molecule has 0 bridgehead atoms. The van der Waals surface area contributed by atoms with E-state index in [2.05, 4.69) is 5.32 Å². The molecule has 0 radical (unpaired) electrons. The number of hydrogen-bond donors (Lipinski definition) is 1. The molecule has 0 amide bonds. The summed E-state index contributed by atoms with van der Waals surface area (Å²) in [4.78, 5) is 0. The number of hydrogen-bond acceptors (Lipinski definition) is 1. The first-order chi connectivity index (χ1) is 7.75. The van der Waals surface area contributed by atoms with Crippen LogP contribution >= 0.6 is 0 Å². The SMILES string of the molecule is Fc1cccc(F)c1NC(C1CC1)C1CC1. The van der Waals surface area contributed by atoms with E-state index in [0.717, 1.165) is 0 Å². The van der Waals surface area contributed by atoms with E-state index >= 15 is 0 Å². The van der Waals surface area contributed by atoms with Crippen molar-refractivity contribution in [1.82, 2.24) is 0 Å². The normalized spacial score (nSPS) is 20.2. The lowest BCUT2D eigenvalue weighted by molar-refractivity contribution is 0.540. The number of halogens is 2. The number of rotatable bonds is 4. The summed E-state index contributed by atoms with van der Waals surface area (Å²) in [6, 6.07) is 4.30. The molecule has 1 nitrogen and oxygen atoms in total. The van der Waals surface area contributed by atoms with Gasteiger partial charge < -0.3 is 5.32 Å². The molecule has 0 heterocycles. The lowest BCUT2D eigenvalue weighted by atomic mass is 10.1. The van der Waals surface area contributed by atoms with Gasteiger partial charge in [-0.2, -0.15) is 0 Å². The van der Waals surface area contributed by atoms with Crippen LogP contribution in [0, 0.1) is 23.5 Å². The van der Waals surface area contributed by atoms with Crippen LogP contribution in [0.5, 0.6) is 0 Å². The lowest BCUT2D eigenvalue weighted by Crippen LogP contribution is -2.25. The highest BCUT2D eigenvalue weighted by Gasteiger charge is 2.41. The summed E-state index contributed by atoms with van der Waals surface area (Å²) in [6.07, 6.45) is 4.79. The fourth-order valence-electron chi connectivity index (χ4n) is 2.33. The highest BCUT2D eigenvalue weighted by atomic mass is 19.1. The van der Waals surface area contributed by atoms with Gasteiger partial charge in [0, 0.05) is 6.04 Å². The Labute approximate surface area is 93.9 Å². The molecule has 16 heavy (non-hydrogen) atoms. The van der Waals surface area contributed by atoms with Crippen molar-refractivity contribution in [3.05, 3.63) is 29.8 Å². The maximum atomic E-state index is 13.5. The molecule has 1 aromatic rings. The van der Waals surface area contributed by atoms with Crippen molar-refractivity contribution in [2.24, 2.45) is 11.8 Å². The van der Waals surface area contributed by atoms with Crippen LogP contribution in [0.2, 0.25) is 0 Å². The van der Waals surface area contributed by atoms with Crippen LogP contribution in [-0.2, 0) is 0 Å². The average Bonchev–Trinajstić information content (AvgIpc) is 3.12. The Balaban J connectivity index is 1.81. The molecule has 0 spiro atoms. The molecular weight excluding hydrogens is 208 g/mol. The van der Waals surface area contributed by atoms with E-state index in [1.807, 2.05) is 0 Å². The zero-order valence-electron chi connectivity index (χ0n) is 9.05. The Hall–Kier alpha value is -1.12.